The fourth-order valence-corrected chi connectivity index (χ4v) is 0.230. The fourth-order valence-electron chi connectivity index (χ4n) is 0.230. The van der Waals surface area contributed by atoms with E-state index in [4.69, 9.17) is 33.4 Å². The zero-order valence-corrected chi connectivity index (χ0v) is 6.90. The van der Waals surface area contributed by atoms with Gasteiger partial charge in [-0.15, -0.1) is 23.2 Å². The minimum absolute atomic E-state index is 0.0354. The molecular formula is C5H10Cl2O3. The predicted molar refractivity (Wildman–Crippen MR) is 40.5 cm³/mol. The Labute approximate surface area is 69.6 Å². The molecule has 5 heteroatoms. The lowest BCUT2D eigenvalue weighted by Gasteiger charge is -1.85. The molecule has 0 aliphatic carbocycles. The second-order valence-corrected chi connectivity index (χ2v) is 2.13. The number of alkyl halides is 2. The summed E-state index contributed by atoms with van der Waals surface area (Å²) in [6.45, 7) is -0.0354. The number of carboxylic acids is 1. The van der Waals surface area contributed by atoms with Gasteiger partial charge in [0.1, 0.15) is 0 Å². The van der Waals surface area contributed by atoms with Gasteiger partial charge in [-0.3, -0.25) is 4.79 Å². The van der Waals surface area contributed by atoms with Crippen molar-refractivity contribution in [2.24, 2.45) is 0 Å². The van der Waals surface area contributed by atoms with Crippen LogP contribution in [0.25, 0.3) is 0 Å². The summed E-state index contributed by atoms with van der Waals surface area (Å²) in [5.74, 6) is -0.853. The van der Waals surface area contributed by atoms with Crippen molar-refractivity contribution in [3.8, 4) is 0 Å². The number of rotatable bonds is 3. The molecule has 10 heavy (non-hydrogen) atoms. The summed E-state index contributed by atoms with van der Waals surface area (Å²) in [4.78, 5) is 9.65. The molecule has 0 radical (unpaired) electrons. The van der Waals surface area contributed by atoms with Crippen LogP contribution in [0, 0.1) is 0 Å². The molecule has 0 aliphatic heterocycles. The topological polar surface area (TPSA) is 57.5 Å². The largest absolute Gasteiger partial charge is 0.481 e. The SMILES string of the molecule is ClCCl.O=C(O)CCCO. The number of hydrogen-bond acceptors (Lipinski definition) is 2. The Balaban J connectivity index is 0. The van der Waals surface area contributed by atoms with Crippen LogP contribution in [0.3, 0.4) is 0 Å². The zero-order valence-electron chi connectivity index (χ0n) is 5.39. The first kappa shape index (κ1) is 12.7. The first-order valence-electron chi connectivity index (χ1n) is 2.63. The normalized spacial score (nSPS) is 7.90. The fraction of sp³-hybridized carbons (Fsp3) is 0.800. The summed E-state index contributed by atoms with van der Waals surface area (Å²) in [5.41, 5.74) is 0. The van der Waals surface area contributed by atoms with Crippen LogP contribution in [-0.4, -0.2) is 28.1 Å². The van der Waals surface area contributed by atoms with Crippen LogP contribution in [0.15, 0.2) is 0 Å². The van der Waals surface area contributed by atoms with Gasteiger partial charge in [-0.2, -0.15) is 0 Å². The highest BCUT2D eigenvalue weighted by molar-refractivity contribution is 6.40. The van der Waals surface area contributed by atoms with Crippen LogP contribution in [0.1, 0.15) is 12.8 Å². The summed E-state index contributed by atoms with van der Waals surface area (Å²) < 4.78 is 0. The second-order valence-electron chi connectivity index (χ2n) is 1.32. The molecule has 62 valence electrons. The van der Waals surface area contributed by atoms with E-state index in [9.17, 15) is 4.79 Å². The Morgan fingerprint density at radius 3 is 1.90 bits per heavy atom. The molecule has 0 aromatic carbocycles. The van der Waals surface area contributed by atoms with Crippen molar-refractivity contribution < 1.29 is 15.0 Å². The highest BCUT2D eigenvalue weighted by Gasteiger charge is 1.91. The molecule has 0 aliphatic rings. The predicted octanol–water partition coefficient (Wildman–Crippen LogP) is 1.26. The van der Waals surface area contributed by atoms with Crippen molar-refractivity contribution in [3.63, 3.8) is 0 Å². The molecule has 0 aromatic heterocycles. The summed E-state index contributed by atoms with van der Waals surface area (Å²) in [6, 6.07) is 0. The lowest BCUT2D eigenvalue weighted by atomic mass is 10.3. The minimum Gasteiger partial charge on any atom is -0.481 e. The summed E-state index contributed by atoms with van der Waals surface area (Å²) >= 11 is 9.53. The zero-order chi connectivity index (χ0) is 8.41. The lowest BCUT2D eigenvalue weighted by molar-refractivity contribution is -0.137. The van der Waals surface area contributed by atoms with E-state index in [1.807, 2.05) is 0 Å². The van der Waals surface area contributed by atoms with Gasteiger partial charge < -0.3 is 10.2 Å². The Morgan fingerprint density at radius 1 is 1.40 bits per heavy atom. The van der Waals surface area contributed by atoms with Gasteiger partial charge >= 0.3 is 5.97 Å². The standard InChI is InChI=1S/C4H8O3.CH2Cl2/c5-3-1-2-4(6)7;2-1-3/h5H,1-3H2,(H,6,7);1H2. The molecule has 0 fully saturated rings. The molecular weight excluding hydrogens is 179 g/mol. The number of halogens is 2. The molecule has 2 N–H and O–H groups in total. The van der Waals surface area contributed by atoms with Gasteiger partial charge in [0.25, 0.3) is 0 Å². The van der Waals surface area contributed by atoms with E-state index in [-0.39, 0.29) is 18.4 Å². The molecule has 0 saturated heterocycles. The smallest absolute Gasteiger partial charge is 0.303 e. The molecule has 0 amide bonds. The van der Waals surface area contributed by atoms with Crippen LogP contribution in [-0.2, 0) is 4.79 Å². The molecule has 0 heterocycles. The summed E-state index contributed by atoms with van der Waals surface area (Å²) in [7, 11) is 0. The molecule has 0 spiro atoms. The number of carbonyl (C=O) groups is 1. The average Bonchev–Trinajstić information content (AvgIpc) is 1.85. The van der Waals surface area contributed by atoms with Crippen LogP contribution >= 0.6 is 23.2 Å². The van der Waals surface area contributed by atoms with Gasteiger partial charge in [0, 0.05) is 13.0 Å². The third-order valence-electron chi connectivity index (χ3n) is 0.549. The van der Waals surface area contributed by atoms with Gasteiger partial charge in [-0.05, 0) is 6.42 Å². The van der Waals surface area contributed by atoms with E-state index in [1.165, 1.54) is 0 Å². The van der Waals surface area contributed by atoms with Crippen LogP contribution in [0.5, 0.6) is 0 Å². The van der Waals surface area contributed by atoms with Crippen LogP contribution in [0.2, 0.25) is 0 Å². The number of aliphatic hydroxyl groups is 1. The first-order chi connectivity index (χ1) is 4.68. The van der Waals surface area contributed by atoms with E-state index in [1.54, 1.807) is 0 Å². The van der Waals surface area contributed by atoms with Crippen LogP contribution < -0.4 is 0 Å². The maximum absolute atomic E-state index is 9.65. The van der Waals surface area contributed by atoms with E-state index in [0.29, 0.717) is 6.42 Å². The maximum Gasteiger partial charge on any atom is 0.303 e. The number of aliphatic carboxylic acids is 1. The molecule has 0 rings (SSSR count). The van der Waals surface area contributed by atoms with E-state index >= 15 is 0 Å². The monoisotopic (exact) mass is 188 g/mol. The Hall–Kier alpha value is 0.01000. The first-order valence-corrected chi connectivity index (χ1v) is 3.70. The van der Waals surface area contributed by atoms with Crippen molar-refractivity contribution in [2.45, 2.75) is 12.8 Å². The third-order valence-corrected chi connectivity index (χ3v) is 0.549. The van der Waals surface area contributed by atoms with Gasteiger partial charge in [0.15, 0.2) is 0 Å². The molecule has 0 unspecified atom stereocenters. The van der Waals surface area contributed by atoms with Crippen molar-refractivity contribution in [3.05, 3.63) is 0 Å². The highest BCUT2D eigenvalue weighted by atomic mass is 35.5. The Kier molecular flexibility index (Phi) is 14.9. The average molecular weight is 189 g/mol. The Bertz CT molecular complexity index is 77.3. The Morgan fingerprint density at radius 2 is 1.80 bits per heavy atom. The quantitative estimate of drug-likeness (QED) is 0.657. The van der Waals surface area contributed by atoms with Crippen LogP contribution in [0.4, 0.5) is 0 Å². The van der Waals surface area contributed by atoms with Crippen molar-refractivity contribution in [1.82, 2.24) is 0 Å². The van der Waals surface area contributed by atoms with E-state index in [2.05, 4.69) is 0 Å². The molecule has 3 nitrogen and oxygen atoms in total. The molecule has 0 bridgehead atoms. The van der Waals surface area contributed by atoms with Gasteiger partial charge in [0.2, 0.25) is 0 Å². The third kappa shape index (κ3) is 24.5. The summed E-state index contributed by atoms with van der Waals surface area (Å²) in [6.07, 6.45) is 0.422. The van der Waals surface area contributed by atoms with E-state index in [0.717, 1.165) is 0 Å². The molecule has 0 aromatic rings. The van der Waals surface area contributed by atoms with Crippen molar-refractivity contribution in [1.29, 1.82) is 0 Å². The maximum atomic E-state index is 9.65. The highest BCUT2D eigenvalue weighted by Crippen LogP contribution is 1.83. The van der Waals surface area contributed by atoms with Gasteiger partial charge in [0.05, 0.1) is 5.34 Å². The lowest BCUT2D eigenvalue weighted by Crippen LogP contribution is -1.95. The minimum atomic E-state index is -0.853. The molecule has 0 atom stereocenters. The van der Waals surface area contributed by atoms with Gasteiger partial charge in [-0.25, -0.2) is 0 Å². The summed E-state index contributed by atoms with van der Waals surface area (Å²) in [5, 5.41) is 16.2. The number of hydrogen-bond donors (Lipinski definition) is 2. The van der Waals surface area contributed by atoms with E-state index < -0.39 is 5.97 Å². The number of aliphatic hydroxyl groups excluding tert-OH is 1. The van der Waals surface area contributed by atoms with Crippen molar-refractivity contribution >= 4 is 29.2 Å². The van der Waals surface area contributed by atoms with Crippen molar-refractivity contribution in [2.75, 3.05) is 11.9 Å². The van der Waals surface area contributed by atoms with Gasteiger partial charge in [-0.1, -0.05) is 0 Å². The molecule has 0 saturated carbocycles. The second kappa shape index (κ2) is 11.8. The number of carboxylic acid groups (broad SMARTS) is 1.